The highest BCUT2D eigenvalue weighted by atomic mass is 32.2. The Morgan fingerprint density at radius 2 is 2.14 bits per heavy atom. The minimum atomic E-state index is 0.414. The molecule has 0 radical (unpaired) electrons. The highest BCUT2D eigenvalue weighted by molar-refractivity contribution is 8.07. The van der Waals surface area contributed by atoms with Gasteiger partial charge in [0.1, 0.15) is 0 Å². The monoisotopic (exact) mass is 318 g/mol. The van der Waals surface area contributed by atoms with Gasteiger partial charge in [-0.2, -0.15) is 23.5 Å². The average molecular weight is 319 g/mol. The second-order valence-corrected chi connectivity index (χ2v) is 8.01. The summed E-state index contributed by atoms with van der Waals surface area (Å²) in [5, 5.41) is 6.18. The molecule has 1 aromatic heterocycles. The van der Waals surface area contributed by atoms with E-state index in [4.69, 9.17) is 0 Å². The Labute approximate surface area is 135 Å². The third-order valence-electron chi connectivity index (χ3n) is 4.12. The van der Waals surface area contributed by atoms with E-state index < -0.39 is 0 Å². The first-order valence-electron chi connectivity index (χ1n) is 7.58. The molecule has 0 aliphatic carbocycles. The van der Waals surface area contributed by atoms with Crippen LogP contribution in [-0.4, -0.2) is 34.0 Å². The van der Waals surface area contributed by atoms with E-state index in [-0.39, 0.29) is 0 Å². The van der Waals surface area contributed by atoms with Crippen LogP contribution < -0.4 is 5.32 Å². The number of fused-ring (bicyclic) bond motifs is 1. The van der Waals surface area contributed by atoms with Crippen LogP contribution in [0.5, 0.6) is 0 Å². The molecular formula is C17H22N2S2. The van der Waals surface area contributed by atoms with E-state index in [1.54, 1.807) is 0 Å². The van der Waals surface area contributed by atoms with Crippen molar-refractivity contribution in [1.82, 2.24) is 10.3 Å². The van der Waals surface area contributed by atoms with E-state index in [1.165, 1.54) is 28.9 Å². The second-order valence-electron chi connectivity index (χ2n) is 5.37. The van der Waals surface area contributed by atoms with Crippen LogP contribution in [0.4, 0.5) is 0 Å². The number of aromatic nitrogens is 1. The summed E-state index contributed by atoms with van der Waals surface area (Å²) in [6, 6.07) is 11.3. The van der Waals surface area contributed by atoms with E-state index in [0.717, 1.165) is 10.8 Å². The molecule has 21 heavy (non-hydrogen) atoms. The maximum Gasteiger partial charge on any atom is 0.0702 e. The molecule has 1 aliphatic rings. The first kappa shape index (κ1) is 15.2. The normalized spacial score (nSPS) is 24.1. The molecule has 4 heteroatoms. The molecule has 3 unspecified atom stereocenters. The molecule has 1 saturated heterocycles. The summed E-state index contributed by atoms with van der Waals surface area (Å²) in [4.78, 5) is 4.42. The third-order valence-corrected chi connectivity index (χ3v) is 7.47. The molecule has 3 atom stereocenters. The minimum absolute atomic E-state index is 0.414. The molecule has 0 spiro atoms. The van der Waals surface area contributed by atoms with Crippen molar-refractivity contribution in [2.24, 2.45) is 0 Å². The van der Waals surface area contributed by atoms with Crippen molar-refractivity contribution >= 4 is 34.4 Å². The second kappa shape index (κ2) is 7.03. The van der Waals surface area contributed by atoms with Gasteiger partial charge in [-0.05, 0) is 37.2 Å². The highest BCUT2D eigenvalue weighted by Crippen LogP contribution is 2.40. The molecule has 1 aliphatic heterocycles. The van der Waals surface area contributed by atoms with Crippen molar-refractivity contribution in [2.75, 3.05) is 18.6 Å². The average Bonchev–Trinajstić information content (AvgIpc) is 2.56. The molecule has 1 N–H and O–H groups in total. The number of rotatable bonds is 4. The van der Waals surface area contributed by atoms with Gasteiger partial charge in [0.2, 0.25) is 0 Å². The molecule has 2 heterocycles. The van der Waals surface area contributed by atoms with Gasteiger partial charge in [0.25, 0.3) is 0 Å². The lowest BCUT2D eigenvalue weighted by atomic mass is 9.98. The van der Waals surface area contributed by atoms with Crippen molar-refractivity contribution in [1.29, 1.82) is 0 Å². The Balaban J connectivity index is 1.93. The van der Waals surface area contributed by atoms with Gasteiger partial charge in [-0.1, -0.05) is 19.1 Å². The predicted molar refractivity (Wildman–Crippen MR) is 96.3 cm³/mol. The van der Waals surface area contributed by atoms with E-state index in [0.29, 0.717) is 11.3 Å². The van der Waals surface area contributed by atoms with Gasteiger partial charge >= 0.3 is 0 Å². The highest BCUT2D eigenvalue weighted by Gasteiger charge is 2.32. The van der Waals surface area contributed by atoms with E-state index >= 15 is 0 Å². The third kappa shape index (κ3) is 3.22. The fraction of sp³-hybridized carbons (Fsp3) is 0.471. The zero-order valence-corrected chi connectivity index (χ0v) is 14.2. The molecular weight excluding hydrogens is 296 g/mol. The lowest BCUT2D eigenvalue weighted by molar-refractivity contribution is 0.544. The number of nitrogens with zero attached hydrogens (tertiary/aromatic N) is 1. The van der Waals surface area contributed by atoms with Gasteiger partial charge in [0.05, 0.1) is 5.52 Å². The van der Waals surface area contributed by atoms with Crippen LogP contribution in [0, 0.1) is 0 Å². The zero-order valence-electron chi connectivity index (χ0n) is 12.6. The van der Waals surface area contributed by atoms with Gasteiger partial charge in [0, 0.05) is 39.6 Å². The number of nitrogens with one attached hydrogen (secondary N) is 1. The molecule has 2 aromatic rings. The summed E-state index contributed by atoms with van der Waals surface area (Å²) >= 11 is 4.27. The topological polar surface area (TPSA) is 24.9 Å². The maximum atomic E-state index is 4.42. The molecule has 0 saturated carbocycles. The van der Waals surface area contributed by atoms with Crippen molar-refractivity contribution in [3.05, 3.63) is 42.1 Å². The van der Waals surface area contributed by atoms with Crippen molar-refractivity contribution in [3.63, 3.8) is 0 Å². The lowest BCUT2D eigenvalue weighted by Crippen LogP contribution is -2.37. The molecule has 2 nitrogen and oxygen atoms in total. The van der Waals surface area contributed by atoms with Crippen molar-refractivity contribution in [3.8, 4) is 0 Å². The fourth-order valence-electron chi connectivity index (χ4n) is 3.06. The molecule has 3 rings (SSSR count). The number of hydrogen-bond donors (Lipinski definition) is 1. The molecule has 0 amide bonds. The Bertz CT molecular complexity index is 602. The molecule has 1 fully saturated rings. The summed E-state index contributed by atoms with van der Waals surface area (Å²) in [6.45, 7) is 2.31. The van der Waals surface area contributed by atoms with Crippen LogP contribution in [0.1, 0.15) is 24.9 Å². The largest absolute Gasteiger partial charge is 0.312 e. The first-order valence-corrected chi connectivity index (χ1v) is 9.68. The minimum Gasteiger partial charge on any atom is -0.312 e. The van der Waals surface area contributed by atoms with Crippen LogP contribution in [0.3, 0.4) is 0 Å². The first-order chi connectivity index (χ1) is 10.3. The van der Waals surface area contributed by atoms with E-state index in [9.17, 15) is 0 Å². The molecule has 0 bridgehead atoms. The van der Waals surface area contributed by atoms with E-state index in [2.05, 4.69) is 72.1 Å². The Morgan fingerprint density at radius 1 is 1.29 bits per heavy atom. The van der Waals surface area contributed by atoms with Crippen LogP contribution in [0.25, 0.3) is 10.9 Å². The lowest BCUT2D eigenvalue weighted by Gasteiger charge is -2.36. The SMILES string of the molecule is CCC1SCCSC1C(NC)c1ccc2ncccc2c1. The Hall–Kier alpha value is -0.710. The van der Waals surface area contributed by atoms with Crippen molar-refractivity contribution < 1.29 is 0 Å². The Kier molecular flexibility index (Phi) is 5.09. The summed E-state index contributed by atoms with van der Waals surface area (Å²) < 4.78 is 0. The molecule has 1 aromatic carbocycles. The van der Waals surface area contributed by atoms with Gasteiger partial charge in [-0.15, -0.1) is 0 Å². The van der Waals surface area contributed by atoms with Gasteiger partial charge in [-0.3, -0.25) is 4.98 Å². The number of thioether (sulfide) groups is 2. The predicted octanol–water partition coefficient (Wildman–Crippen LogP) is 4.12. The number of hydrogen-bond acceptors (Lipinski definition) is 4. The summed E-state index contributed by atoms with van der Waals surface area (Å²) in [5.41, 5.74) is 2.46. The molecule has 112 valence electrons. The van der Waals surface area contributed by atoms with Gasteiger partial charge in [-0.25, -0.2) is 0 Å². The zero-order chi connectivity index (χ0) is 14.7. The quantitative estimate of drug-likeness (QED) is 0.916. The van der Waals surface area contributed by atoms with Crippen molar-refractivity contribution in [2.45, 2.75) is 29.9 Å². The standard InChI is InChI=1S/C17H22N2S2/c1-3-15-17(21-10-9-20-15)16(18-2)13-6-7-14-12(11-13)5-4-8-19-14/h4-8,11,15-18H,3,9-10H2,1-2H3. The summed E-state index contributed by atoms with van der Waals surface area (Å²) in [5.74, 6) is 2.55. The smallest absolute Gasteiger partial charge is 0.0702 e. The van der Waals surface area contributed by atoms with Gasteiger partial charge < -0.3 is 5.32 Å². The van der Waals surface area contributed by atoms with Crippen LogP contribution in [0.2, 0.25) is 0 Å². The van der Waals surface area contributed by atoms with Crippen LogP contribution >= 0.6 is 23.5 Å². The Morgan fingerprint density at radius 3 is 2.95 bits per heavy atom. The van der Waals surface area contributed by atoms with Gasteiger partial charge in [0.15, 0.2) is 0 Å². The summed E-state index contributed by atoms with van der Waals surface area (Å²) in [7, 11) is 2.09. The summed E-state index contributed by atoms with van der Waals surface area (Å²) in [6.07, 6.45) is 3.11. The maximum absolute atomic E-state index is 4.42. The number of benzene rings is 1. The number of pyridine rings is 1. The fourth-order valence-corrected chi connectivity index (χ4v) is 6.35. The van der Waals surface area contributed by atoms with Crippen LogP contribution in [-0.2, 0) is 0 Å². The van der Waals surface area contributed by atoms with Crippen LogP contribution in [0.15, 0.2) is 36.5 Å². The van der Waals surface area contributed by atoms with E-state index in [1.807, 2.05) is 12.3 Å².